The van der Waals surface area contributed by atoms with Crippen LogP contribution in [0.15, 0.2) is 54.9 Å². The van der Waals surface area contributed by atoms with Gasteiger partial charge in [0, 0.05) is 17.3 Å². The highest BCUT2D eigenvalue weighted by molar-refractivity contribution is 6.18. The minimum Gasteiger partial charge on any atom is -0.331 e. The summed E-state index contributed by atoms with van der Waals surface area (Å²) >= 11 is 0. The van der Waals surface area contributed by atoms with Crippen molar-refractivity contribution in [2.24, 2.45) is 0 Å². The van der Waals surface area contributed by atoms with E-state index in [1.54, 1.807) is 0 Å². The maximum Gasteiger partial charge on any atom is 0.101 e. The molecular weight excluding hydrogens is 332 g/mol. The minimum absolute atomic E-state index is 0.665. The van der Waals surface area contributed by atoms with Crippen molar-refractivity contribution in [1.82, 2.24) is 14.5 Å². The van der Waals surface area contributed by atoms with Crippen LogP contribution in [0.3, 0.4) is 0 Å². The van der Waals surface area contributed by atoms with Crippen LogP contribution in [0.1, 0.15) is 25.3 Å². The van der Waals surface area contributed by atoms with Crippen LogP contribution in [-0.2, 0) is 6.54 Å². The maximum absolute atomic E-state index is 10.1. The number of imidazole rings is 1. The Morgan fingerprint density at radius 1 is 1.00 bits per heavy atom. The lowest BCUT2D eigenvalue weighted by Gasteiger charge is -2.10. The highest BCUT2D eigenvalue weighted by Crippen LogP contribution is 2.34. The molecule has 130 valence electrons. The number of hydrogen-bond acceptors (Lipinski definition) is 3. The van der Waals surface area contributed by atoms with Crippen LogP contribution in [0.4, 0.5) is 0 Å². The lowest BCUT2D eigenvalue weighted by atomic mass is 9.97. The van der Waals surface area contributed by atoms with Gasteiger partial charge in [0.05, 0.1) is 34.0 Å². The summed E-state index contributed by atoms with van der Waals surface area (Å²) in [5.74, 6) is 0. The summed E-state index contributed by atoms with van der Waals surface area (Å²) in [7, 11) is 0. The van der Waals surface area contributed by atoms with Crippen molar-refractivity contribution < 1.29 is 0 Å². The average Bonchev–Trinajstić information content (AvgIpc) is 3.13. The van der Waals surface area contributed by atoms with Gasteiger partial charge in [-0.15, -0.1) is 0 Å². The number of pyridine rings is 1. The number of unbranched alkanes of at least 4 members (excludes halogenated alkanes) is 1. The predicted octanol–water partition coefficient (Wildman–Crippen LogP) is 5.56. The molecule has 27 heavy (non-hydrogen) atoms. The van der Waals surface area contributed by atoms with Gasteiger partial charge in [-0.25, -0.2) is 9.97 Å². The summed E-state index contributed by atoms with van der Waals surface area (Å²) in [4.78, 5) is 9.52. The first-order valence-electron chi connectivity index (χ1n) is 9.31. The van der Waals surface area contributed by atoms with E-state index < -0.39 is 0 Å². The zero-order chi connectivity index (χ0) is 18.4. The Labute approximate surface area is 156 Å². The first-order chi connectivity index (χ1) is 13.3. The number of benzene rings is 3. The van der Waals surface area contributed by atoms with Crippen LogP contribution >= 0.6 is 0 Å². The molecule has 0 aliphatic heterocycles. The third-order valence-electron chi connectivity index (χ3n) is 5.28. The molecule has 0 N–H and O–H groups in total. The number of nitrogens with zero attached hydrogens (tertiary/aromatic N) is 4. The molecule has 4 nitrogen and oxygen atoms in total. The van der Waals surface area contributed by atoms with Gasteiger partial charge in [0.2, 0.25) is 0 Å². The number of fused-ring (bicyclic) bond motifs is 6. The van der Waals surface area contributed by atoms with Crippen molar-refractivity contribution in [3.63, 3.8) is 0 Å². The standard InChI is InChI=1S/C23H18N4/c1-2-3-12-27-14-25-23-20(27)11-10-19-22(23)17(13-24)21-16-7-5-4-6-15(16)8-9-18(21)26-19/h4-11,14H,2-3,12H2,1H3. The van der Waals surface area contributed by atoms with Crippen molar-refractivity contribution in [2.75, 3.05) is 0 Å². The molecule has 5 rings (SSSR count). The Hall–Kier alpha value is -3.45. The number of hydrogen-bond donors (Lipinski definition) is 0. The Morgan fingerprint density at radius 3 is 2.67 bits per heavy atom. The van der Waals surface area contributed by atoms with Gasteiger partial charge >= 0.3 is 0 Å². The summed E-state index contributed by atoms with van der Waals surface area (Å²) in [5, 5.41) is 14.0. The second-order valence-electron chi connectivity index (χ2n) is 6.90. The number of aryl methyl sites for hydroxylation is 1. The van der Waals surface area contributed by atoms with Crippen molar-refractivity contribution >= 4 is 43.6 Å². The SMILES string of the molecule is CCCCn1cnc2c3c(C#N)c4c(ccc5ccccc54)nc3ccc21. The molecule has 0 unspecified atom stereocenters. The Morgan fingerprint density at radius 2 is 1.81 bits per heavy atom. The molecule has 0 saturated heterocycles. The van der Waals surface area contributed by atoms with E-state index in [9.17, 15) is 5.26 Å². The van der Waals surface area contributed by atoms with Gasteiger partial charge in [0.15, 0.2) is 0 Å². The van der Waals surface area contributed by atoms with E-state index in [4.69, 9.17) is 4.98 Å². The highest BCUT2D eigenvalue weighted by Gasteiger charge is 2.16. The summed E-state index contributed by atoms with van der Waals surface area (Å²) in [6.07, 6.45) is 4.12. The van der Waals surface area contributed by atoms with Gasteiger partial charge < -0.3 is 4.57 Å². The molecule has 0 amide bonds. The Kier molecular flexibility index (Phi) is 3.54. The van der Waals surface area contributed by atoms with Crippen LogP contribution in [0, 0.1) is 11.3 Å². The largest absolute Gasteiger partial charge is 0.331 e. The van der Waals surface area contributed by atoms with Crippen LogP contribution in [0.5, 0.6) is 0 Å². The summed E-state index contributed by atoms with van der Waals surface area (Å²) in [5.41, 5.74) is 4.26. The van der Waals surface area contributed by atoms with Crippen LogP contribution in [0.2, 0.25) is 0 Å². The Bertz CT molecular complexity index is 1370. The van der Waals surface area contributed by atoms with E-state index in [-0.39, 0.29) is 0 Å². The fourth-order valence-electron chi connectivity index (χ4n) is 3.95. The van der Waals surface area contributed by atoms with Gasteiger partial charge in [0.25, 0.3) is 0 Å². The van der Waals surface area contributed by atoms with E-state index in [2.05, 4.69) is 46.8 Å². The van der Waals surface area contributed by atoms with E-state index in [0.717, 1.165) is 63.0 Å². The minimum atomic E-state index is 0.665. The molecule has 2 heterocycles. The molecule has 0 aliphatic carbocycles. The van der Waals surface area contributed by atoms with Gasteiger partial charge in [-0.1, -0.05) is 43.7 Å². The molecule has 0 radical (unpaired) electrons. The quantitative estimate of drug-likeness (QED) is 0.316. The smallest absolute Gasteiger partial charge is 0.101 e. The fraction of sp³-hybridized carbons (Fsp3) is 0.174. The molecule has 0 spiro atoms. The average molecular weight is 350 g/mol. The van der Waals surface area contributed by atoms with Crippen molar-refractivity contribution in [3.05, 3.63) is 60.4 Å². The summed E-state index contributed by atoms with van der Waals surface area (Å²) in [6, 6.07) is 18.8. The second-order valence-corrected chi connectivity index (χ2v) is 6.90. The lowest BCUT2D eigenvalue weighted by Crippen LogP contribution is -1.96. The van der Waals surface area contributed by atoms with Gasteiger partial charge in [0.1, 0.15) is 6.07 Å². The first-order valence-corrected chi connectivity index (χ1v) is 9.31. The zero-order valence-electron chi connectivity index (χ0n) is 15.1. The second kappa shape index (κ2) is 6.07. The van der Waals surface area contributed by atoms with Gasteiger partial charge in [-0.2, -0.15) is 5.26 Å². The van der Waals surface area contributed by atoms with Crippen molar-refractivity contribution in [2.45, 2.75) is 26.3 Å². The molecule has 5 aromatic rings. The number of aromatic nitrogens is 3. The molecule has 0 fully saturated rings. The first kappa shape index (κ1) is 15.8. The highest BCUT2D eigenvalue weighted by atomic mass is 15.0. The topological polar surface area (TPSA) is 54.5 Å². The third-order valence-corrected chi connectivity index (χ3v) is 5.28. The Balaban J connectivity index is 1.95. The predicted molar refractivity (Wildman–Crippen MR) is 110 cm³/mol. The van der Waals surface area contributed by atoms with Crippen molar-refractivity contribution in [3.8, 4) is 6.07 Å². The summed E-state index contributed by atoms with van der Waals surface area (Å²) < 4.78 is 2.17. The van der Waals surface area contributed by atoms with Crippen LogP contribution in [-0.4, -0.2) is 14.5 Å². The van der Waals surface area contributed by atoms with Crippen LogP contribution < -0.4 is 0 Å². The molecule has 4 heteroatoms. The number of rotatable bonds is 3. The molecule has 0 atom stereocenters. The maximum atomic E-state index is 10.1. The number of nitriles is 1. The van der Waals surface area contributed by atoms with Crippen molar-refractivity contribution in [1.29, 1.82) is 5.26 Å². The monoisotopic (exact) mass is 350 g/mol. The fourth-order valence-corrected chi connectivity index (χ4v) is 3.95. The molecular formula is C23H18N4. The van der Waals surface area contributed by atoms with Gasteiger partial charge in [-0.05, 0) is 35.4 Å². The lowest BCUT2D eigenvalue weighted by molar-refractivity contribution is 0.646. The van der Waals surface area contributed by atoms with E-state index in [1.807, 2.05) is 30.6 Å². The van der Waals surface area contributed by atoms with E-state index in [0.29, 0.717) is 5.56 Å². The van der Waals surface area contributed by atoms with E-state index in [1.165, 1.54) is 0 Å². The zero-order valence-corrected chi connectivity index (χ0v) is 15.1. The summed E-state index contributed by atoms with van der Waals surface area (Å²) in [6.45, 7) is 3.12. The molecule has 0 saturated carbocycles. The molecule has 0 aliphatic rings. The van der Waals surface area contributed by atoms with Gasteiger partial charge in [-0.3, -0.25) is 0 Å². The third kappa shape index (κ3) is 2.29. The van der Waals surface area contributed by atoms with Crippen LogP contribution in [0.25, 0.3) is 43.6 Å². The van der Waals surface area contributed by atoms with E-state index >= 15 is 0 Å². The normalized spacial score (nSPS) is 11.6. The molecule has 0 bridgehead atoms. The molecule has 2 aromatic heterocycles. The molecule has 3 aromatic carbocycles.